The highest BCUT2D eigenvalue weighted by molar-refractivity contribution is 7.52. The second kappa shape index (κ2) is 13.1. The number of esters is 1. The predicted octanol–water partition coefficient (Wildman–Crippen LogP) is 4.79. The molecule has 0 spiro atoms. The quantitative estimate of drug-likeness (QED) is 0.101. The van der Waals surface area contributed by atoms with Gasteiger partial charge < -0.3 is 24.8 Å². The lowest BCUT2D eigenvalue weighted by Crippen LogP contribution is -2.36. The number of benzene rings is 3. The van der Waals surface area contributed by atoms with E-state index in [1.807, 2.05) is 60.7 Å². The Morgan fingerprint density at radius 2 is 1.91 bits per heavy atom. The van der Waals surface area contributed by atoms with Crippen LogP contribution in [-0.2, 0) is 30.0 Å². The van der Waals surface area contributed by atoms with Crippen LogP contribution < -0.4 is 15.3 Å². The molecular formula is C30H30ClN6O7P. The third kappa shape index (κ3) is 6.94. The maximum Gasteiger partial charge on any atom is 0.459 e. The van der Waals surface area contributed by atoms with Crippen molar-refractivity contribution in [2.24, 2.45) is 0 Å². The number of hydrogen-bond acceptors (Lipinski definition) is 11. The number of hydrogen-bond donors (Lipinski definition) is 3. The van der Waals surface area contributed by atoms with Gasteiger partial charge in [-0.2, -0.15) is 15.1 Å². The van der Waals surface area contributed by atoms with Gasteiger partial charge in [-0.15, -0.1) is 0 Å². The summed E-state index contributed by atoms with van der Waals surface area (Å²) in [5.74, 6) is -0.275. The minimum atomic E-state index is -4.28. The fraction of sp³-hybridized carbons (Fsp3) is 0.267. The highest BCUT2D eigenvalue weighted by atomic mass is 35.5. The summed E-state index contributed by atoms with van der Waals surface area (Å²) in [4.78, 5) is 25.2. The molecule has 3 heterocycles. The molecule has 0 saturated carbocycles. The van der Waals surface area contributed by atoms with E-state index in [0.29, 0.717) is 16.6 Å². The summed E-state index contributed by atoms with van der Waals surface area (Å²) in [6.45, 7) is 1.19. The van der Waals surface area contributed by atoms with E-state index < -0.39 is 38.2 Å². The number of rotatable bonds is 11. The first-order valence-electron chi connectivity index (χ1n) is 14.1. The van der Waals surface area contributed by atoms with Gasteiger partial charge >= 0.3 is 13.7 Å². The van der Waals surface area contributed by atoms with Crippen LogP contribution in [0.25, 0.3) is 21.9 Å². The van der Waals surface area contributed by atoms with Crippen molar-refractivity contribution in [3.05, 3.63) is 90.0 Å². The Bertz CT molecular complexity index is 1870. The maximum atomic E-state index is 14.3. The normalized spacial score (nSPS) is 20.2. The molecule has 3 aromatic carbocycles. The van der Waals surface area contributed by atoms with Crippen molar-refractivity contribution in [3.63, 3.8) is 0 Å². The molecule has 2 unspecified atom stereocenters. The standard InChI is InChI=1S/C30H30ClN6O7P/c1-18(29(39)41-15-19-8-3-2-4-9-19)36-45(40,44-23-13-7-11-20-10-5-6-12-21(20)23)42-16-24-22(38)14-25(43-24)37-17-33-26-27(32)34-30(31)35-28(26)37/h2-13,17-18,22,24-25,38H,14-16H2,1H3,(H,36,40)(H2,32,34,35)/t18-,22+,24?,25+,45?/m0/s1. The van der Waals surface area contributed by atoms with E-state index in [9.17, 15) is 14.5 Å². The Balaban J connectivity index is 1.19. The van der Waals surface area contributed by atoms with Gasteiger partial charge in [-0.05, 0) is 35.5 Å². The zero-order valence-corrected chi connectivity index (χ0v) is 25.7. The average molecular weight is 653 g/mol. The van der Waals surface area contributed by atoms with Gasteiger partial charge in [-0.3, -0.25) is 13.9 Å². The number of nitrogens with zero attached hydrogens (tertiary/aromatic N) is 4. The molecule has 0 aliphatic carbocycles. The largest absolute Gasteiger partial charge is 0.460 e. The minimum absolute atomic E-state index is 0.0369. The molecule has 2 aromatic heterocycles. The number of aliphatic hydroxyl groups is 1. The number of carbonyl (C=O) groups is 1. The zero-order valence-electron chi connectivity index (χ0n) is 24.0. The van der Waals surface area contributed by atoms with Crippen molar-refractivity contribution in [2.75, 3.05) is 12.3 Å². The molecule has 15 heteroatoms. The molecule has 1 fully saturated rings. The Hall–Kier alpha value is -4.10. The lowest BCUT2D eigenvalue weighted by Gasteiger charge is -2.25. The zero-order chi connectivity index (χ0) is 31.6. The van der Waals surface area contributed by atoms with Crippen molar-refractivity contribution in [1.82, 2.24) is 24.6 Å². The molecule has 4 N–H and O–H groups in total. The average Bonchev–Trinajstić information content (AvgIpc) is 3.62. The molecule has 1 aliphatic rings. The summed E-state index contributed by atoms with van der Waals surface area (Å²) < 4.78 is 39.2. The second-order valence-electron chi connectivity index (χ2n) is 10.4. The molecule has 13 nitrogen and oxygen atoms in total. The van der Waals surface area contributed by atoms with E-state index in [1.165, 1.54) is 13.3 Å². The van der Waals surface area contributed by atoms with Crippen LogP contribution in [0.4, 0.5) is 5.82 Å². The molecule has 0 radical (unpaired) electrons. The molecule has 5 aromatic rings. The fourth-order valence-electron chi connectivity index (χ4n) is 4.97. The Labute approximate surface area is 262 Å². The van der Waals surface area contributed by atoms with Gasteiger partial charge in [0.05, 0.1) is 19.0 Å². The van der Waals surface area contributed by atoms with Gasteiger partial charge in [0.2, 0.25) is 5.28 Å². The van der Waals surface area contributed by atoms with Crippen LogP contribution in [0.1, 0.15) is 25.1 Å². The van der Waals surface area contributed by atoms with E-state index in [1.54, 1.807) is 16.7 Å². The summed E-state index contributed by atoms with van der Waals surface area (Å²) in [5.41, 5.74) is 7.39. The van der Waals surface area contributed by atoms with Crippen molar-refractivity contribution in [1.29, 1.82) is 0 Å². The predicted molar refractivity (Wildman–Crippen MR) is 166 cm³/mol. The van der Waals surface area contributed by atoms with Crippen LogP contribution in [0.3, 0.4) is 0 Å². The first kappa shape index (κ1) is 30.9. The van der Waals surface area contributed by atoms with Gasteiger partial charge in [0, 0.05) is 11.8 Å². The summed E-state index contributed by atoms with van der Waals surface area (Å²) in [6, 6.07) is 20.8. The van der Waals surface area contributed by atoms with E-state index in [4.69, 9.17) is 35.9 Å². The third-order valence-electron chi connectivity index (χ3n) is 7.24. The van der Waals surface area contributed by atoms with E-state index >= 15 is 0 Å². The molecule has 45 heavy (non-hydrogen) atoms. The maximum absolute atomic E-state index is 14.3. The van der Waals surface area contributed by atoms with E-state index in [2.05, 4.69) is 20.0 Å². The van der Waals surface area contributed by atoms with Crippen LogP contribution in [0.2, 0.25) is 5.28 Å². The summed E-state index contributed by atoms with van der Waals surface area (Å²) in [7, 11) is -4.28. The van der Waals surface area contributed by atoms with Crippen molar-refractivity contribution >= 4 is 53.1 Å². The Kier molecular flexibility index (Phi) is 8.99. The molecule has 1 saturated heterocycles. The monoisotopic (exact) mass is 652 g/mol. The van der Waals surface area contributed by atoms with Crippen LogP contribution in [0.15, 0.2) is 79.1 Å². The molecule has 0 amide bonds. The minimum Gasteiger partial charge on any atom is -0.460 e. The van der Waals surface area contributed by atoms with Crippen molar-refractivity contribution in [3.8, 4) is 5.75 Å². The van der Waals surface area contributed by atoms with Crippen LogP contribution in [0.5, 0.6) is 5.75 Å². The number of fused-ring (bicyclic) bond motifs is 2. The lowest BCUT2D eigenvalue weighted by molar-refractivity contribution is -0.146. The number of ether oxygens (including phenoxy) is 2. The first-order chi connectivity index (χ1) is 21.7. The molecular weight excluding hydrogens is 623 g/mol. The number of nitrogens with one attached hydrogen (secondary N) is 1. The summed E-state index contributed by atoms with van der Waals surface area (Å²) in [6.07, 6.45) is -1.03. The summed E-state index contributed by atoms with van der Waals surface area (Å²) in [5, 5.41) is 15.0. The third-order valence-corrected chi connectivity index (χ3v) is 9.04. The van der Waals surface area contributed by atoms with Gasteiger partial charge in [-0.25, -0.2) is 9.55 Å². The number of aliphatic hydroxyl groups excluding tert-OH is 1. The molecule has 234 valence electrons. The van der Waals surface area contributed by atoms with Crippen LogP contribution in [-0.4, -0.2) is 55.5 Å². The molecule has 5 atom stereocenters. The number of halogens is 1. The van der Waals surface area contributed by atoms with E-state index in [-0.39, 0.29) is 36.5 Å². The smallest absolute Gasteiger partial charge is 0.459 e. The number of anilines is 1. The van der Waals surface area contributed by atoms with E-state index in [0.717, 1.165) is 10.9 Å². The Morgan fingerprint density at radius 3 is 2.73 bits per heavy atom. The number of carbonyl (C=O) groups excluding carboxylic acids is 1. The lowest BCUT2D eigenvalue weighted by atomic mass is 10.1. The molecule has 6 rings (SSSR count). The molecule has 0 bridgehead atoms. The molecule has 1 aliphatic heterocycles. The van der Waals surface area contributed by atoms with Crippen LogP contribution in [0, 0.1) is 0 Å². The number of aromatic nitrogens is 4. The highest BCUT2D eigenvalue weighted by Gasteiger charge is 2.40. The topological polar surface area (TPSA) is 173 Å². The SMILES string of the molecule is C[C@H](NP(=O)(OCC1O[C@@H](n2cnc3c(N)nc(Cl)nc32)C[C@H]1O)Oc1cccc2ccccc12)C(=O)OCc1ccccc1. The van der Waals surface area contributed by atoms with Gasteiger partial charge in [0.15, 0.2) is 11.5 Å². The van der Waals surface area contributed by atoms with Gasteiger partial charge in [-0.1, -0.05) is 66.7 Å². The number of nitrogen functional groups attached to an aromatic ring is 1. The van der Waals surface area contributed by atoms with Gasteiger partial charge in [0.25, 0.3) is 0 Å². The summed E-state index contributed by atoms with van der Waals surface area (Å²) >= 11 is 6.00. The number of nitrogens with two attached hydrogens (primary N) is 1. The Morgan fingerprint density at radius 1 is 1.16 bits per heavy atom. The highest BCUT2D eigenvalue weighted by Crippen LogP contribution is 2.47. The van der Waals surface area contributed by atoms with Crippen LogP contribution >= 0.6 is 19.3 Å². The fourth-order valence-corrected chi connectivity index (χ4v) is 6.66. The second-order valence-corrected chi connectivity index (χ2v) is 12.5. The van der Waals surface area contributed by atoms with Crippen molar-refractivity contribution in [2.45, 2.75) is 44.4 Å². The van der Waals surface area contributed by atoms with Crippen molar-refractivity contribution < 1.29 is 33.0 Å². The van der Waals surface area contributed by atoms with Gasteiger partial charge in [0.1, 0.15) is 36.2 Å². The first-order valence-corrected chi connectivity index (χ1v) is 16.0. The number of imidazole rings is 1.